The standard InChI is InChI=1S/C26H33N3O5/c1-6-12-31-21-11-9-19(15-23(21)32-13-7-2)25-26(29-34-28-25)27-24(30)16-33-22-14-18(5)8-10-20(22)17(3)4/h8-11,14-15,17H,6-7,12-13,16H2,1-5H3,(H,27,29,30). The van der Waals surface area contributed by atoms with Crippen molar-refractivity contribution < 1.29 is 23.6 Å². The predicted molar refractivity (Wildman–Crippen MR) is 131 cm³/mol. The molecular weight excluding hydrogens is 434 g/mol. The number of nitrogens with zero attached hydrogens (tertiary/aromatic N) is 2. The highest BCUT2D eigenvalue weighted by molar-refractivity contribution is 5.94. The van der Waals surface area contributed by atoms with E-state index in [1.807, 2.05) is 57.2 Å². The number of nitrogens with one attached hydrogen (secondary N) is 1. The highest BCUT2D eigenvalue weighted by atomic mass is 16.6. The van der Waals surface area contributed by atoms with Gasteiger partial charge in [0.05, 0.1) is 13.2 Å². The third-order valence-corrected chi connectivity index (χ3v) is 5.04. The maximum Gasteiger partial charge on any atom is 0.263 e. The Morgan fingerprint density at radius 2 is 1.68 bits per heavy atom. The minimum Gasteiger partial charge on any atom is -0.490 e. The van der Waals surface area contributed by atoms with Crippen LogP contribution in [-0.2, 0) is 4.79 Å². The Bertz CT molecular complexity index is 1090. The average molecular weight is 468 g/mol. The summed E-state index contributed by atoms with van der Waals surface area (Å²) in [4.78, 5) is 12.6. The molecule has 0 unspecified atom stereocenters. The molecule has 1 N–H and O–H groups in total. The predicted octanol–water partition coefficient (Wildman–Crippen LogP) is 5.76. The lowest BCUT2D eigenvalue weighted by Crippen LogP contribution is -2.21. The summed E-state index contributed by atoms with van der Waals surface area (Å²) in [5.41, 5.74) is 3.20. The first-order chi connectivity index (χ1) is 16.4. The lowest BCUT2D eigenvalue weighted by Gasteiger charge is -2.15. The van der Waals surface area contributed by atoms with Crippen molar-refractivity contribution in [2.24, 2.45) is 0 Å². The van der Waals surface area contributed by atoms with Crippen molar-refractivity contribution in [2.45, 2.75) is 53.4 Å². The number of amides is 1. The number of carbonyl (C=O) groups excluding carboxylic acids is 1. The molecule has 1 amide bonds. The molecule has 2 aromatic carbocycles. The van der Waals surface area contributed by atoms with E-state index in [0.29, 0.717) is 41.7 Å². The fraction of sp³-hybridized carbons (Fsp3) is 0.423. The molecule has 8 nitrogen and oxygen atoms in total. The minimum atomic E-state index is -0.362. The van der Waals surface area contributed by atoms with Crippen molar-refractivity contribution in [1.29, 1.82) is 0 Å². The van der Waals surface area contributed by atoms with Crippen LogP contribution in [0.15, 0.2) is 41.0 Å². The van der Waals surface area contributed by atoms with Gasteiger partial charge in [0.2, 0.25) is 5.82 Å². The first kappa shape index (κ1) is 25.1. The first-order valence-electron chi connectivity index (χ1n) is 11.7. The van der Waals surface area contributed by atoms with Crippen LogP contribution in [0.25, 0.3) is 11.3 Å². The SMILES string of the molecule is CCCOc1ccc(-c2nonc2NC(=O)COc2cc(C)ccc2C(C)C)cc1OCCC. The number of anilines is 1. The molecule has 0 saturated heterocycles. The van der Waals surface area contributed by atoms with E-state index < -0.39 is 0 Å². The molecule has 1 heterocycles. The molecule has 3 rings (SSSR count). The zero-order valence-corrected chi connectivity index (χ0v) is 20.5. The second-order valence-electron chi connectivity index (χ2n) is 8.35. The Kier molecular flexibility index (Phi) is 8.90. The molecular formula is C26H33N3O5. The van der Waals surface area contributed by atoms with E-state index in [0.717, 1.165) is 24.0 Å². The Morgan fingerprint density at radius 3 is 2.38 bits per heavy atom. The topological polar surface area (TPSA) is 95.7 Å². The van der Waals surface area contributed by atoms with Gasteiger partial charge in [-0.15, -0.1) is 0 Å². The van der Waals surface area contributed by atoms with Gasteiger partial charge >= 0.3 is 0 Å². The van der Waals surface area contributed by atoms with Crippen molar-refractivity contribution in [1.82, 2.24) is 10.3 Å². The number of hydrogen-bond acceptors (Lipinski definition) is 7. The molecule has 3 aromatic rings. The number of ether oxygens (including phenoxy) is 3. The first-order valence-corrected chi connectivity index (χ1v) is 11.7. The molecule has 0 aliphatic carbocycles. The monoisotopic (exact) mass is 467 g/mol. The maximum atomic E-state index is 12.6. The van der Waals surface area contributed by atoms with Crippen molar-refractivity contribution in [2.75, 3.05) is 25.1 Å². The molecule has 0 atom stereocenters. The van der Waals surface area contributed by atoms with E-state index in [1.165, 1.54) is 0 Å². The number of aryl methyl sites for hydroxylation is 1. The van der Waals surface area contributed by atoms with Crippen LogP contribution in [0, 0.1) is 6.92 Å². The molecule has 0 aliphatic heterocycles. The Morgan fingerprint density at radius 1 is 0.941 bits per heavy atom. The third kappa shape index (κ3) is 6.50. The second kappa shape index (κ2) is 12.1. The summed E-state index contributed by atoms with van der Waals surface area (Å²) in [5, 5.41) is 10.6. The number of carbonyl (C=O) groups is 1. The average Bonchev–Trinajstić information content (AvgIpc) is 3.28. The molecule has 1 aromatic heterocycles. The normalized spacial score (nSPS) is 10.9. The fourth-order valence-electron chi connectivity index (χ4n) is 3.33. The molecule has 182 valence electrons. The van der Waals surface area contributed by atoms with Gasteiger partial charge in [0.15, 0.2) is 23.8 Å². The van der Waals surface area contributed by atoms with Crippen LogP contribution in [0.2, 0.25) is 0 Å². The van der Waals surface area contributed by atoms with Crippen LogP contribution in [0.4, 0.5) is 5.82 Å². The van der Waals surface area contributed by atoms with E-state index in [-0.39, 0.29) is 24.2 Å². The largest absolute Gasteiger partial charge is 0.490 e. The van der Waals surface area contributed by atoms with Crippen molar-refractivity contribution in [3.8, 4) is 28.5 Å². The fourth-order valence-corrected chi connectivity index (χ4v) is 3.33. The van der Waals surface area contributed by atoms with Gasteiger partial charge in [-0.25, -0.2) is 4.63 Å². The maximum absolute atomic E-state index is 12.6. The molecule has 0 aliphatic rings. The van der Waals surface area contributed by atoms with E-state index >= 15 is 0 Å². The van der Waals surface area contributed by atoms with Crippen LogP contribution < -0.4 is 19.5 Å². The highest BCUT2D eigenvalue weighted by Gasteiger charge is 2.18. The summed E-state index contributed by atoms with van der Waals surface area (Å²) >= 11 is 0. The van der Waals surface area contributed by atoms with Gasteiger partial charge < -0.3 is 19.5 Å². The number of aromatic nitrogens is 2. The molecule has 0 spiro atoms. The molecule has 0 bridgehead atoms. The van der Waals surface area contributed by atoms with Gasteiger partial charge in [0, 0.05) is 5.56 Å². The highest BCUT2D eigenvalue weighted by Crippen LogP contribution is 2.34. The van der Waals surface area contributed by atoms with Crippen molar-refractivity contribution in [3.05, 3.63) is 47.5 Å². The van der Waals surface area contributed by atoms with Crippen LogP contribution in [0.5, 0.6) is 17.2 Å². The Hall–Kier alpha value is -3.55. The summed E-state index contributed by atoms with van der Waals surface area (Å²) in [6.45, 7) is 11.2. The van der Waals surface area contributed by atoms with E-state index in [9.17, 15) is 4.79 Å². The van der Waals surface area contributed by atoms with Crippen molar-refractivity contribution >= 4 is 11.7 Å². The number of benzene rings is 2. The van der Waals surface area contributed by atoms with Gasteiger partial charge in [0.25, 0.3) is 5.91 Å². The smallest absolute Gasteiger partial charge is 0.263 e. The van der Waals surface area contributed by atoms with Gasteiger partial charge in [-0.3, -0.25) is 4.79 Å². The third-order valence-electron chi connectivity index (χ3n) is 5.04. The van der Waals surface area contributed by atoms with Crippen molar-refractivity contribution in [3.63, 3.8) is 0 Å². The zero-order valence-electron chi connectivity index (χ0n) is 20.5. The lowest BCUT2D eigenvalue weighted by atomic mass is 10.0. The Labute approximate surface area is 200 Å². The summed E-state index contributed by atoms with van der Waals surface area (Å²) in [6.07, 6.45) is 1.76. The Balaban J connectivity index is 1.73. The zero-order chi connectivity index (χ0) is 24.5. The van der Waals surface area contributed by atoms with Gasteiger partial charge in [-0.2, -0.15) is 0 Å². The molecule has 8 heteroatoms. The summed E-state index contributed by atoms with van der Waals surface area (Å²) in [7, 11) is 0. The quantitative estimate of drug-likeness (QED) is 0.361. The van der Waals surface area contributed by atoms with Crippen LogP contribution in [0.1, 0.15) is 57.6 Å². The molecule has 0 radical (unpaired) electrons. The summed E-state index contributed by atoms with van der Waals surface area (Å²) in [5.74, 6) is 2.09. The second-order valence-corrected chi connectivity index (χ2v) is 8.35. The number of rotatable bonds is 12. The van der Waals surface area contributed by atoms with Gasteiger partial charge in [-0.05, 0) is 71.4 Å². The summed E-state index contributed by atoms with van der Waals surface area (Å²) in [6, 6.07) is 11.5. The van der Waals surface area contributed by atoms with Crippen LogP contribution in [0.3, 0.4) is 0 Å². The van der Waals surface area contributed by atoms with E-state index in [1.54, 1.807) is 0 Å². The molecule has 0 fully saturated rings. The number of hydrogen-bond donors (Lipinski definition) is 1. The van der Waals surface area contributed by atoms with Gasteiger partial charge in [0.1, 0.15) is 5.75 Å². The summed E-state index contributed by atoms with van der Waals surface area (Å²) < 4.78 is 22.4. The van der Waals surface area contributed by atoms with Gasteiger partial charge in [-0.1, -0.05) is 39.8 Å². The van der Waals surface area contributed by atoms with E-state index in [2.05, 4.69) is 29.5 Å². The van der Waals surface area contributed by atoms with Crippen LogP contribution in [-0.4, -0.2) is 36.0 Å². The van der Waals surface area contributed by atoms with E-state index in [4.69, 9.17) is 18.8 Å². The molecule has 0 saturated carbocycles. The lowest BCUT2D eigenvalue weighted by molar-refractivity contribution is -0.118. The minimum absolute atomic E-state index is 0.163. The van der Waals surface area contributed by atoms with Crippen LogP contribution >= 0.6 is 0 Å². The molecule has 34 heavy (non-hydrogen) atoms.